The average Bonchev–Trinajstić information content (AvgIpc) is 3.15. The summed E-state index contributed by atoms with van der Waals surface area (Å²) in [5, 5.41) is 13.9. The number of quaternary nitrogens is 1. The summed E-state index contributed by atoms with van der Waals surface area (Å²) in [6, 6.07) is -0.792. The van der Waals surface area contributed by atoms with E-state index in [1.165, 1.54) is 180 Å². The molecule has 3 unspecified atom stereocenters. The lowest BCUT2D eigenvalue weighted by molar-refractivity contribution is -0.870. The molecular formula is C47H97N2O6P. The summed E-state index contributed by atoms with van der Waals surface area (Å²) in [4.78, 5) is 25.3. The fourth-order valence-corrected chi connectivity index (χ4v) is 8.18. The van der Waals surface area contributed by atoms with Crippen LogP contribution in [0.15, 0.2) is 0 Å². The van der Waals surface area contributed by atoms with Crippen LogP contribution in [0.3, 0.4) is 0 Å². The van der Waals surface area contributed by atoms with Gasteiger partial charge in [0.15, 0.2) is 0 Å². The van der Waals surface area contributed by atoms with Crippen molar-refractivity contribution in [3.63, 3.8) is 0 Å². The Morgan fingerprint density at radius 2 is 0.875 bits per heavy atom. The van der Waals surface area contributed by atoms with E-state index >= 15 is 0 Å². The Morgan fingerprint density at radius 3 is 1.21 bits per heavy atom. The van der Waals surface area contributed by atoms with Crippen LogP contribution >= 0.6 is 7.82 Å². The standard InChI is InChI=1S/C47H97N2O6P/c1-6-8-10-12-14-16-18-19-20-21-22-23-24-25-26-27-28-29-31-32-34-36-38-40-46(50)45(44-55-56(52,53)54-43-42-49(3,4)5)48-47(51)41-39-37-35-33-30-17-15-13-11-9-7-2/h45-46,50H,6-44H2,1-5H3,(H-,48,51,52,53). The summed E-state index contributed by atoms with van der Waals surface area (Å²) in [5.74, 6) is -0.162. The summed E-state index contributed by atoms with van der Waals surface area (Å²) < 4.78 is 23.3. The lowest BCUT2D eigenvalue weighted by Gasteiger charge is -2.30. The quantitative estimate of drug-likeness (QED) is 0.0360. The minimum Gasteiger partial charge on any atom is -0.756 e. The summed E-state index contributed by atoms with van der Waals surface area (Å²) in [7, 11) is 1.32. The van der Waals surface area contributed by atoms with Gasteiger partial charge >= 0.3 is 0 Å². The van der Waals surface area contributed by atoms with E-state index in [0.29, 0.717) is 23.9 Å². The van der Waals surface area contributed by atoms with Gasteiger partial charge in [0.1, 0.15) is 13.2 Å². The number of nitrogens with one attached hydrogen (secondary N) is 1. The molecule has 0 fully saturated rings. The maximum Gasteiger partial charge on any atom is 0.268 e. The van der Waals surface area contributed by atoms with E-state index in [1.54, 1.807) is 0 Å². The van der Waals surface area contributed by atoms with Crippen LogP contribution in [-0.2, 0) is 18.4 Å². The first kappa shape index (κ1) is 55.5. The topological polar surface area (TPSA) is 108 Å². The zero-order valence-electron chi connectivity index (χ0n) is 38.1. The molecule has 0 aromatic heterocycles. The minimum absolute atomic E-state index is 0.0161. The Morgan fingerprint density at radius 1 is 0.554 bits per heavy atom. The van der Waals surface area contributed by atoms with E-state index in [9.17, 15) is 19.4 Å². The number of carbonyl (C=O) groups is 1. The highest BCUT2D eigenvalue weighted by atomic mass is 31.2. The summed E-state index contributed by atoms with van der Waals surface area (Å²) in [5.41, 5.74) is 0. The Bertz CT molecular complexity index is 885. The van der Waals surface area contributed by atoms with Crippen LogP contribution in [0.25, 0.3) is 0 Å². The number of aliphatic hydroxyl groups is 1. The van der Waals surface area contributed by atoms with Gasteiger partial charge in [-0.05, 0) is 12.8 Å². The largest absolute Gasteiger partial charge is 0.756 e. The Hall–Kier alpha value is -0.500. The fraction of sp³-hybridized carbons (Fsp3) is 0.979. The highest BCUT2D eigenvalue weighted by molar-refractivity contribution is 7.45. The number of phosphoric ester groups is 1. The molecule has 0 bridgehead atoms. The van der Waals surface area contributed by atoms with Crippen LogP contribution in [0.1, 0.15) is 245 Å². The molecule has 0 aliphatic rings. The molecule has 0 aliphatic heterocycles. The molecule has 0 aromatic carbocycles. The van der Waals surface area contributed by atoms with Crippen molar-refractivity contribution >= 4 is 13.7 Å². The monoisotopic (exact) mass is 817 g/mol. The maximum atomic E-state index is 12.8. The third kappa shape index (κ3) is 41.7. The summed E-state index contributed by atoms with van der Waals surface area (Å²) >= 11 is 0. The van der Waals surface area contributed by atoms with Crippen LogP contribution in [0, 0.1) is 0 Å². The van der Waals surface area contributed by atoms with Gasteiger partial charge in [0.2, 0.25) is 5.91 Å². The highest BCUT2D eigenvalue weighted by Crippen LogP contribution is 2.38. The molecule has 9 heteroatoms. The van der Waals surface area contributed by atoms with Gasteiger partial charge in [0.25, 0.3) is 7.82 Å². The van der Waals surface area contributed by atoms with Crippen molar-refractivity contribution in [1.82, 2.24) is 5.32 Å². The third-order valence-corrected chi connectivity index (χ3v) is 12.3. The van der Waals surface area contributed by atoms with Crippen molar-refractivity contribution in [3.05, 3.63) is 0 Å². The lowest BCUT2D eigenvalue weighted by Crippen LogP contribution is -2.46. The normalized spacial score (nSPS) is 14.2. The molecule has 336 valence electrons. The smallest absolute Gasteiger partial charge is 0.268 e. The maximum absolute atomic E-state index is 12.8. The van der Waals surface area contributed by atoms with Crippen molar-refractivity contribution in [2.45, 2.75) is 257 Å². The van der Waals surface area contributed by atoms with Crippen molar-refractivity contribution < 1.29 is 32.9 Å². The van der Waals surface area contributed by atoms with Crippen molar-refractivity contribution in [1.29, 1.82) is 0 Å². The molecule has 0 aromatic rings. The van der Waals surface area contributed by atoms with Crippen LogP contribution in [0.4, 0.5) is 0 Å². The SMILES string of the molecule is CCCCCCCCCCCCCCCCCCCCCCCCCC(O)C(COP(=O)([O-])OCC[N+](C)(C)C)NC(=O)CCCCCCCCCCCCC. The molecule has 0 spiro atoms. The zero-order valence-corrected chi connectivity index (χ0v) is 39.0. The molecule has 3 atom stereocenters. The van der Waals surface area contributed by atoms with Gasteiger partial charge in [-0.15, -0.1) is 0 Å². The average molecular weight is 817 g/mol. The lowest BCUT2D eigenvalue weighted by atomic mass is 10.0. The molecule has 0 radical (unpaired) electrons. The predicted molar refractivity (Wildman–Crippen MR) is 238 cm³/mol. The van der Waals surface area contributed by atoms with Crippen molar-refractivity contribution in [2.24, 2.45) is 0 Å². The number of hydrogen-bond donors (Lipinski definition) is 2. The first-order valence-electron chi connectivity index (χ1n) is 24.4. The van der Waals surface area contributed by atoms with Crippen molar-refractivity contribution in [3.8, 4) is 0 Å². The third-order valence-electron chi connectivity index (χ3n) is 11.3. The molecule has 0 saturated heterocycles. The van der Waals surface area contributed by atoms with E-state index in [2.05, 4.69) is 19.2 Å². The van der Waals surface area contributed by atoms with E-state index < -0.39 is 20.0 Å². The number of hydrogen-bond acceptors (Lipinski definition) is 6. The molecule has 1 amide bonds. The van der Waals surface area contributed by atoms with Crippen molar-refractivity contribution in [2.75, 3.05) is 40.9 Å². The second-order valence-electron chi connectivity index (χ2n) is 18.2. The van der Waals surface area contributed by atoms with Crippen LogP contribution in [-0.4, -0.2) is 68.5 Å². The van der Waals surface area contributed by atoms with Gasteiger partial charge in [-0.25, -0.2) is 0 Å². The molecule has 56 heavy (non-hydrogen) atoms. The molecule has 0 aliphatic carbocycles. The molecule has 0 saturated carbocycles. The number of carbonyl (C=O) groups excluding carboxylic acids is 1. The Balaban J connectivity index is 4.16. The highest BCUT2D eigenvalue weighted by Gasteiger charge is 2.24. The van der Waals surface area contributed by atoms with Gasteiger partial charge < -0.3 is 28.8 Å². The number of phosphoric acid groups is 1. The van der Waals surface area contributed by atoms with Crippen LogP contribution in [0.5, 0.6) is 0 Å². The summed E-state index contributed by atoms with van der Waals surface area (Å²) in [6.45, 7) is 4.74. The van der Waals surface area contributed by atoms with Crippen LogP contribution < -0.4 is 10.2 Å². The van der Waals surface area contributed by atoms with E-state index in [1.807, 2.05) is 21.1 Å². The first-order valence-corrected chi connectivity index (χ1v) is 25.8. The van der Waals surface area contributed by atoms with Crippen LogP contribution in [0.2, 0.25) is 0 Å². The van der Waals surface area contributed by atoms with Gasteiger partial charge in [-0.1, -0.05) is 226 Å². The Labute approximate surface area is 349 Å². The summed E-state index contributed by atoms with van der Waals surface area (Å²) in [6.07, 6.45) is 44.0. The van der Waals surface area contributed by atoms with E-state index in [4.69, 9.17) is 9.05 Å². The van der Waals surface area contributed by atoms with Gasteiger partial charge in [-0.3, -0.25) is 9.36 Å². The number of unbranched alkanes of at least 4 members (excludes halogenated alkanes) is 32. The fourth-order valence-electron chi connectivity index (χ4n) is 7.45. The van der Waals surface area contributed by atoms with Gasteiger partial charge in [0.05, 0.1) is 39.9 Å². The van der Waals surface area contributed by atoms with E-state index in [0.717, 1.165) is 38.5 Å². The number of likely N-dealkylation sites (N-methyl/N-ethyl adjacent to an activating group) is 1. The minimum atomic E-state index is -4.56. The zero-order chi connectivity index (χ0) is 41.4. The number of rotatable bonds is 45. The number of amides is 1. The second kappa shape index (κ2) is 39.9. The molecule has 0 heterocycles. The van der Waals surface area contributed by atoms with E-state index in [-0.39, 0.29) is 19.1 Å². The van der Waals surface area contributed by atoms with Gasteiger partial charge in [-0.2, -0.15) is 0 Å². The molecule has 0 rings (SSSR count). The predicted octanol–water partition coefficient (Wildman–Crippen LogP) is 13.1. The van der Waals surface area contributed by atoms with Gasteiger partial charge in [0, 0.05) is 6.42 Å². The number of nitrogens with zero attached hydrogens (tertiary/aromatic N) is 1. The second-order valence-corrected chi connectivity index (χ2v) is 19.6. The number of aliphatic hydroxyl groups excluding tert-OH is 1. The molecular weight excluding hydrogens is 719 g/mol. The molecule has 2 N–H and O–H groups in total. The molecule has 8 nitrogen and oxygen atoms in total. The Kier molecular flexibility index (Phi) is 39.6. The first-order chi connectivity index (χ1) is 27.0.